The molecule has 2 heterocycles. The predicted octanol–water partition coefficient (Wildman–Crippen LogP) is 2.63. The van der Waals surface area contributed by atoms with Crippen LogP contribution in [-0.4, -0.2) is 55.4 Å². The molecule has 2 amide bonds. The van der Waals surface area contributed by atoms with Crippen LogP contribution in [-0.2, 0) is 9.53 Å². The molecule has 0 spiro atoms. The van der Waals surface area contributed by atoms with Gasteiger partial charge in [0.2, 0.25) is 11.7 Å². The van der Waals surface area contributed by atoms with Gasteiger partial charge in [-0.3, -0.25) is 14.6 Å². The third-order valence-corrected chi connectivity index (χ3v) is 5.36. The van der Waals surface area contributed by atoms with Crippen molar-refractivity contribution >= 4 is 23.2 Å². The summed E-state index contributed by atoms with van der Waals surface area (Å²) in [5.74, 6) is -5.17. The van der Waals surface area contributed by atoms with Gasteiger partial charge in [0.25, 0.3) is 5.91 Å². The number of nitrogens with one attached hydrogen (secondary N) is 1. The second-order valence-electron chi connectivity index (χ2n) is 7.24. The number of halogens is 5. The molecule has 1 fully saturated rings. The third kappa shape index (κ3) is 4.40. The van der Waals surface area contributed by atoms with Crippen molar-refractivity contribution in [3.05, 3.63) is 47.8 Å². The number of hydrogen-bond acceptors (Lipinski definition) is 6. The van der Waals surface area contributed by atoms with Gasteiger partial charge in [-0.2, -0.15) is 17.6 Å². The fourth-order valence-corrected chi connectivity index (χ4v) is 3.64. The molecule has 33 heavy (non-hydrogen) atoms. The van der Waals surface area contributed by atoms with Crippen molar-refractivity contribution in [2.24, 2.45) is 5.73 Å². The van der Waals surface area contributed by atoms with Crippen molar-refractivity contribution in [3.63, 3.8) is 0 Å². The molecule has 1 aromatic carbocycles. The average Bonchev–Trinajstić information content (AvgIpc) is 3.17. The van der Waals surface area contributed by atoms with Gasteiger partial charge in [-0.25, -0.2) is 4.39 Å². The number of ether oxygens (including phenoxy) is 2. The van der Waals surface area contributed by atoms with Gasteiger partial charge in [0.15, 0.2) is 17.2 Å². The number of nitrogens with two attached hydrogens (primary N) is 1. The zero-order valence-corrected chi connectivity index (χ0v) is 17.4. The minimum atomic E-state index is -4.89. The van der Waals surface area contributed by atoms with Gasteiger partial charge >= 0.3 is 6.18 Å². The number of hydrogen-bond donors (Lipinski definition) is 2. The van der Waals surface area contributed by atoms with Gasteiger partial charge in [-0.05, 0) is 24.3 Å². The van der Waals surface area contributed by atoms with E-state index in [0.29, 0.717) is 6.07 Å². The largest absolute Gasteiger partial charge is 0.491 e. The highest BCUT2D eigenvalue weighted by Crippen LogP contribution is 2.47. The molecule has 1 aromatic heterocycles. The van der Waals surface area contributed by atoms with Crippen LogP contribution in [0.2, 0.25) is 0 Å². The van der Waals surface area contributed by atoms with E-state index in [9.17, 15) is 31.5 Å². The summed E-state index contributed by atoms with van der Waals surface area (Å²) in [5, 5.41) is 2.40. The molecule has 1 aliphatic heterocycles. The van der Waals surface area contributed by atoms with Crippen LogP contribution in [0.5, 0.6) is 5.75 Å². The Bertz CT molecular complexity index is 1080. The van der Waals surface area contributed by atoms with E-state index in [4.69, 9.17) is 15.2 Å². The lowest BCUT2D eigenvalue weighted by atomic mass is 9.99. The summed E-state index contributed by atoms with van der Waals surface area (Å²) in [5.41, 5.74) is 1.97. The van der Waals surface area contributed by atoms with Gasteiger partial charge in [0.1, 0.15) is 11.7 Å². The Morgan fingerprint density at radius 1 is 1.24 bits per heavy atom. The molecular weight excluding hydrogens is 455 g/mol. The molecule has 0 bridgehead atoms. The number of anilines is 2. The minimum absolute atomic E-state index is 0.0444. The predicted molar refractivity (Wildman–Crippen MR) is 106 cm³/mol. The lowest BCUT2D eigenvalue weighted by molar-refractivity contribution is -0.261. The second kappa shape index (κ2) is 8.81. The lowest BCUT2D eigenvalue weighted by Gasteiger charge is -2.31. The summed E-state index contributed by atoms with van der Waals surface area (Å²) >= 11 is 0. The molecule has 1 saturated heterocycles. The van der Waals surface area contributed by atoms with E-state index in [1.54, 1.807) is 0 Å². The summed E-state index contributed by atoms with van der Waals surface area (Å²) in [4.78, 5) is 29.0. The molecule has 0 unspecified atom stereocenters. The van der Waals surface area contributed by atoms with Gasteiger partial charge in [0, 0.05) is 25.4 Å². The Morgan fingerprint density at radius 3 is 2.52 bits per heavy atom. The Balaban J connectivity index is 2.05. The molecule has 2 atom stereocenters. The Morgan fingerprint density at radius 2 is 1.94 bits per heavy atom. The van der Waals surface area contributed by atoms with Crippen molar-refractivity contribution in [2.75, 3.05) is 31.0 Å². The van der Waals surface area contributed by atoms with Crippen molar-refractivity contribution in [1.29, 1.82) is 0 Å². The minimum Gasteiger partial charge on any atom is -0.491 e. The van der Waals surface area contributed by atoms with Gasteiger partial charge in [-0.1, -0.05) is 0 Å². The molecular formula is C20H19F5N4O4. The number of rotatable bonds is 6. The summed E-state index contributed by atoms with van der Waals surface area (Å²) < 4.78 is 79.4. The summed E-state index contributed by atoms with van der Waals surface area (Å²) in [6, 6.07) is 2.64. The lowest BCUT2D eigenvalue weighted by Crippen LogP contribution is -2.49. The summed E-state index contributed by atoms with van der Waals surface area (Å²) in [6.07, 6.45) is -4.57. The monoisotopic (exact) mass is 474 g/mol. The van der Waals surface area contributed by atoms with Crippen LogP contribution in [0.4, 0.5) is 33.3 Å². The van der Waals surface area contributed by atoms with E-state index in [1.807, 2.05) is 0 Å². The molecule has 178 valence electrons. The molecule has 2 aromatic rings. The maximum atomic E-state index is 14.3. The molecule has 3 N–H and O–H groups in total. The number of benzene rings is 1. The number of nitrogens with zero attached hydrogens (tertiary/aromatic N) is 2. The first-order chi connectivity index (χ1) is 15.4. The standard InChI is InChI=1S/C20H19F5N4O4/c1-32-16-13(4-3-11(21)15(16)22)29-9-19(33-2,20(23,24)25)8-14(29)18(31)28-10-5-6-27-12(7-10)17(26)30/h3-7,14H,8-9H2,1-2H3,(H2,26,30)(H,27,28,31)/t14-,19+/m0/s1. The number of amides is 2. The molecule has 0 radical (unpaired) electrons. The van der Waals surface area contributed by atoms with E-state index in [0.717, 1.165) is 31.3 Å². The van der Waals surface area contributed by atoms with Gasteiger partial charge in [-0.15, -0.1) is 0 Å². The van der Waals surface area contributed by atoms with Crippen molar-refractivity contribution in [1.82, 2.24) is 4.98 Å². The van der Waals surface area contributed by atoms with Crippen LogP contribution >= 0.6 is 0 Å². The Labute approximate surface area is 184 Å². The van der Waals surface area contributed by atoms with Crippen LogP contribution < -0.4 is 20.7 Å². The van der Waals surface area contributed by atoms with E-state index in [1.165, 1.54) is 12.3 Å². The molecule has 3 rings (SSSR count). The normalized spacial score (nSPS) is 20.6. The summed E-state index contributed by atoms with van der Waals surface area (Å²) in [6.45, 7) is -0.893. The number of pyridine rings is 1. The zero-order chi connectivity index (χ0) is 24.6. The van der Waals surface area contributed by atoms with Crippen LogP contribution in [0.1, 0.15) is 16.9 Å². The molecule has 0 aliphatic carbocycles. The number of methoxy groups -OCH3 is 2. The fraction of sp³-hybridized carbons (Fsp3) is 0.350. The number of carbonyl (C=O) groups excluding carboxylic acids is 2. The first kappa shape index (κ1) is 24.2. The van der Waals surface area contributed by atoms with Crippen LogP contribution in [0.3, 0.4) is 0 Å². The number of primary amides is 1. The summed E-state index contributed by atoms with van der Waals surface area (Å²) in [7, 11) is 1.86. The van der Waals surface area contributed by atoms with Crippen molar-refractivity contribution in [2.45, 2.75) is 24.2 Å². The molecule has 13 heteroatoms. The average molecular weight is 474 g/mol. The highest BCUT2D eigenvalue weighted by atomic mass is 19.4. The highest BCUT2D eigenvalue weighted by Gasteiger charge is 2.63. The number of aromatic nitrogens is 1. The van der Waals surface area contributed by atoms with E-state index in [2.05, 4.69) is 10.3 Å². The topological polar surface area (TPSA) is 107 Å². The Hall–Kier alpha value is -3.48. The zero-order valence-electron chi connectivity index (χ0n) is 17.4. The van der Waals surface area contributed by atoms with Crippen molar-refractivity contribution < 1.29 is 41.0 Å². The van der Waals surface area contributed by atoms with Gasteiger partial charge < -0.3 is 25.4 Å². The quantitative estimate of drug-likeness (QED) is 0.624. The molecule has 0 saturated carbocycles. The van der Waals surface area contributed by atoms with E-state index < -0.39 is 60.0 Å². The fourth-order valence-electron chi connectivity index (χ4n) is 3.64. The van der Waals surface area contributed by atoms with Crippen LogP contribution in [0, 0.1) is 11.6 Å². The maximum Gasteiger partial charge on any atom is 0.419 e. The second-order valence-corrected chi connectivity index (χ2v) is 7.24. The molecule has 8 nitrogen and oxygen atoms in total. The molecule has 1 aliphatic rings. The number of alkyl halides is 3. The number of carbonyl (C=O) groups is 2. The maximum absolute atomic E-state index is 14.3. The van der Waals surface area contributed by atoms with E-state index in [-0.39, 0.29) is 17.1 Å². The van der Waals surface area contributed by atoms with Gasteiger partial charge in [0.05, 0.1) is 19.3 Å². The first-order valence-electron chi connectivity index (χ1n) is 9.41. The van der Waals surface area contributed by atoms with Crippen LogP contribution in [0.25, 0.3) is 0 Å². The smallest absolute Gasteiger partial charge is 0.419 e. The Kier molecular flexibility index (Phi) is 6.45. The van der Waals surface area contributed by atoms with Crippen LogP contribution in [0.15, 0.2) is 30.5 Å². The van der Waals surface area contributed by atoms with E-state index >= 15 is 0 Å². The highest BCUT2D eigenvalue weighted by molar-refractivity contribution is 5.99. The SMILES string of the molecule is COc1c(N2C[C@@](OC)(C(F)(F)F)C[C@H]2C(=O)Nc2ccnc(C(N)=O)c2)ccc(F)c1F. The first-order valence-corrected chi connectivity index (χ1v) is 9.41. The third-order valence-electron chi connectivity index (χ3n) is 5.36. The van der Waals surface area contributed by atoms with Crippen molar-refractivity contribution in [3.8, 4) is 5.75 Å².